The number of amides is 1. The summed E-state index contributed by atoms with van der Waals surface area (Å²) in [4.78, 5) is 11.2. The lowest BCUT2D eigenvalue weighted by Gasteiger charge is -2.03. The van der Waals surface area contributed by atoms with Crippen LogP contribution in [-0.2, 0) is 14.8 Å². The highest BCUT2D eigenvalue weighted by Gasteiger charge is 2.00. The van der Waals surface area contributed by atoms with Crippen LogP contribution < -0.4 is 10.0 Å². The number of terminal acetylenes is 1. The highest BCUT2D eigenvalue weighted by atomic mass is 32.2. The van der Waals surface area contributed by atoms with Crippen LogP contribution in [0.15, 0.2) is 30.3 Å². The molecule has 5 nitrogen and oxygen atoms in total. The molecule has 6 heteroatoms. The van der Waals surface area contributed by atoms with Gasteiger partial charge < -0.3 is 5.32 Å². The maximum absolute atomic E-state index is 11.2. The van der Waals surface area contributed by atoms with Gasteiger partial charge in [-0.05, 0) is 23.8 Å². The average Bonchev–Trinajstić information content (AvgIpc) is 2.33. The Morgan fingerprint density at radius 1 is 1.37 bits per heavy atom. The standard InChI is InChI=1S/C13H14N2O3S/c1-3-10-14-13(16)9-6-11-4-7-12(8-5-11)15-19(2,17)18/h1,4-9,15H,10H2,2H3,(H,14,16)/b9-6+. The van der Waals surface area contributed by atoms with Crippen LogP contribution in [0.1, 0.15) is 5.56 Å². The number of hydrogen-bond acceptors (Lipinski definition) is 3. The summed E-state index contributed by atoms with van der Waals surface area (Å²) in [7, 11) is -3.28. The van der Waals surface area contributed by atoms with Crippen LogP contribution >= 0.6 is 0 Å². The molecule has 0 spiro atoms. The molecule has 0 aliphatic heterocycles. The van der Waals surface area contributed by atoms with Crippen molar-refractivity contribution >= 4 is 27.7 Å². The Balaban J connectivity index is 2.65. The molecule has 0 aliphatic carbocycles. The predicted octanol–water partition coefficient (Wildman–Crippen LogP) is 0.821. The minimum Gasteiger partial charge on any atom is -0.342 e. The van der Waals surface area contributed by atoms with E-state index >= 15 is 0 Å². The van der Waals surface area contributed by atoms with Crippen LogP contribution in [0, 0.1) is 12.3 Å². The summed E-state index contributed by atoms with van der Waals surface area (Å²) in [5.74, 6) is 2.01. The van der Waals surface area contributed by atoms with E-state index in [1.165, 1.54) is 6.08 Å². The summed E-state index contributed by atoms with van der Waals surface area (Å²) < 4.78 is 24.4. The van der Waals surface area contributed by atoms with E-state index in [1.54, 1.807) is 30.3 Å². The lowest BCUT2D eigenvalue weighted by molar-refractivity contribution is -0.116. The minimum atomic E-state index is -3.28. The van der Waals surface area contributed by atoms with E-state index < -0.39 is 10.0 Å². The first-order valence-corrected chi connectivity index (χ1v) is 7.27. The molecule has 0 saturated heterocycles. The van der Waals surface area contributed by atoms with Crippen molar-refractivity contribution in [2.45, 2.75) is 0 Å². The highest BCUT2D eigenvalue weighted by molar-refractivity contribution is 7.92. The summed E-state index contributed by atoms with van der Waals surface area (Å²) >= 11 is 0. The van der Waals surface area contributed by atoms with Crippen molar-refractivity contribution in [1.82, 2.24) is 5.32 Å². The monoisotopic (exact) mass is 278 g/mol. The number of nitrogens with one attached hydrogen (secondary N) is 2. The zero-order valence-corrected chi connectivity index (χ0v) is 11.2. The second-order valence-corrected chi connectivity index (χ2v) is 5.50. The number of sulfonamides is 1. The molecule has 0 saturated carbocycles. The zero-order valence-electron chi connectivity index (χ0n) is 10.4. The van der Waals surface area contributed by atoms with Crippen LogP contribution in [0.5, 0.6) is 0 Å². The number of carbonyl (C=O) groups excluding carboxylic acids is 1. The SMILES string of the molecule is C#CCNC(=O)/C=C/c1ccc(NS(C)(=O)=O)cc1. The Labute approximate surface area is 112 Å². The Morgan fingerprint density at radius 3 is 2.53 bits per heavy atom. The number of anilines is 1. The van der Waals surface area contributed by atoms with E-state index in [4.69, 9.17) is 6.42 Å². The molecule has 0 aromatic heterocycles. The van der Waals surface area contributed by atoms with Gasteiger partial charge in [0.1, 0.15) is 0 Å². The molecule has 0 radical (unpaired) electrons. The first-order valence-electron chi connectivity index (χ1n) is 5.38. The van der Waals surface area contributed by atoms with E-state index in [-0.39, 0.29) is 12.5 Å². The molecular weight excluding hydrogens is 264 g/mol. The van der Waals surface area contributed by atoms with Gasteiger partial charge in [0, 0.05) is 11.8 Å². The fraction of sp³-hybridized carbons (Fsp3) is 0.154. The fourth-order valence-electron chi connectivity index (χ4n) is 1.25. The molecule has 0 atom stereocenters. The summed E-state index contributed by atoms with van der Waals surface area (Å²) in [6.45, 7) is 0.181. The van der Waals surface area contributed by atoms with Gasteiger partial charge in [0.15, 0.2) is 0 Å². The van der Waals surface area contributed by atoms with Gasteiger partial charge in [-0.1, -0.05) is 18.1 Å². The fourth-order valence-corrected chi connectivity index (χ4v) is 1.81. The van der Waals surface area contributed by atoms with E-state index in [0.717, 1.165) is 11.8 Å². The smallest absolute Gasteiger partial charge is 0.244 e. The molecule has 0 aliphatic rings. The molecule has 1 amide bonds. The largest absolute Gasteiger partial charge is 0.342 e. The van der Waals surface area contributed by atoms with Crippen molar-refractivity contribution in [3.8, 4) is 12.3 Å². The van der Waals surface area contributed by atoms with Gasteiger partial charge in [0.2, 0.25) is 15.9 Å². The summed E-state index contributed by atoms with van der Waals surface area (Å²) in [5, 5.41) is 2.49. The molecular formula is C13H14N2O3S. The van der Waals surface area contributed by atoms with Gasteiger partial charge >= 0.3 is 0 Å². The molecule has 0 heterocycles. The topological polar surface area (TPSA) is 75.3 Å². The van der Waals surface area contributed by atoms with Gasteiger partial charge in [-0.3, -0.25) is 9.52 Å². The Morgan fingerprint density at radius 2 is 2.00 bits per heavy atom. The molecule has 0 unspecified atom stereocenters. The van der Waals surface area contributed by atoms with Crippen LogP contribution in [-0.4, -0.2) is 27.1 Å². The van der Waals surface area contributed by atoms with Crippen molar-refractivity contribution in [2.24, 2.45) is 0 Å². The third-order valence-electron chi connectivity index (χ3n) is 2.01. The van der Waals surface area contributed by atoms with Crippen molar-refractivity contribution in [1.29, 1.82) is 0 Å². The minimum absolute atomic E-state index is 0.181. The molecule has 100 valence electrons. The predicted molar refractivity (Wildman–Crippen MR) is 75.8 cm³/mol. The number of hydrogen-bond donors (Lipinski definition) is 2. The van der Waals surface area contributed by atoms with Gasteiger partial charge in [0.25, 0.3) is 0 Å². The lowest BCUT2D eigenvalue weighted by atomic mass is 10.2. The zero-order chi connectivity index (χ0) is 14.3. The second kappa shape index (κ2) is 6.61. The molecule has 0 bridgehead atoms. The number of rotatable bonds is 5. The quantitative estimate of drug-likeness (QED) is 0.618. The Bertz CT molecular complexity index is 610. The van der Waals surface area contributed by atoms with Crippen LogP contribution in [0.4, 0.5) is 5.69 Å². The molecule has 1 rings (SSSR count). The van der Waals surface area contributed by atoms with Gasteiger partial charge in [-0.15, -0.1) is 6.42 Å². The van der Waals surface area contributed by atoms with Crippen LogP contribution in [0.25, 0.3) is 6.08 Å². The van der Waals surface area contributed by atoms with Gasteiger partial charge in [0.05, 0.1) is 12.8 Å². The number of benzene rings is 1. The summed E-state index contributed by atoms with van der Waals surface area (Å²) in [6.07, 6.45) is 9.05. The van der Waals surface area contributed by atoms with Crippen molar-refractivity contribution in [2.75, 3.05) is 17.5 Å². The Hall–Kier alpha value is -2.26. The Kier molecular flexibility index (Phi) is 5.15. The average molecular weight is 278 g/mol. The maximum Gasteiger partial charge on any atom is 0.244 e. The normalized spacial score (nSPS) is 10.9. The first-order chi connectivity index (χ1) is 8.90. The molecule has 19 heavy (non-hydrogen) atoms. The van der Waals surface area contributed by atoms with E-state index in [9.17, 15) is 13.2 Å². The maximum atomic E-state index is 11.2. The third kappa shape index (κ3) is 6.29. The van der Waals surface area contributed by atoms with E-state index in [1.807, 2.05) is 0 Å². The highest BCUT2D eigenvalue weighted by Crippen LogP contribution is 2.11. The van der Waals surface area contributed by atoms with Crippen molar-refractivity contribution < 1.29 is 13.2 Å². The van der Waals surface area contributed by atoms with Crippen molar-refractivity contribution in [3.63, 3.8) is 0 Å². The van der Waals surface area contributed by atoms with Crippen LogP contribution in [0.2, 0.25) is 0 Å². The molecule has 2 N–H and O–H groups in total. The molecule has 1 aromatic carbocycles. The molecule has 0 fully saturated rings. The first kappa shape index (κ1) is 14.8. The molecule has 1 aromatic rings. The van der Waals surface area contributed by atoms with Gasteiger partial charge in [-0.25, -0.2) is 8.42 Å². The summed E-state index contributed by atoms with van der Waals surface area (Å²) in [5.41, 5.74) is 1.24. The number of carbonyl (C=O) groups is 1. The third-order valence-corrected chi connectivity index (χ3v) is 2.61. The van der Waals surface area contributed by atoms with Gasteiger partial charge in [-0.2, -0.15) is 0 Å². The van der Waals surface area contributed by atoms with Crippen LogP contribution in [0.3, 0.4) is 0 Å². The summed E-state index contributed by atoms with van der Waals surface area (Å²) in [6, 6.07) is 6.61. The van der Waals surface area contributed by atoms with E-state index in [0.29, 0.717) is 5.69 Å². The second-order valence-electron chi connectivity index (χ2n) is 3.75. The van der Waals surface area contributed by atoms with E-state index in [2.05, 4.69) is 16.0 Å². The lowest BCUT2D eigenvalue weighted by Crippen LogP contribution is -2.20. The van der Waals surface area contributed by atoms with Crippen molar-refractivity contribution in [3.05, 3.63) is 35.9 Å².